The van der Waals surface area contributed by atoms with Crippen molar-refractivity contribution < 1.29 is 8.42 Å². The molecule has 0 aliphatic heterocycles. The van der Waals surface area contributed by atoms with Crippen molar-refractivity contribution in [3.05, 3.63) is 23.3 Å². The zero-order valence-corrected chi connectivity index (χ0v) is 14.1. The molecule has 4 nitrogen and oxygen atoms in total. The smallest absolute Gasteiger partial charge is 0.242 e. The fourth-order valence-corrected chi connectivity index (χ4v) is 4.83. The molecule has 2 rings (SSSR count). The minimum Gasteiger partial charge on any atom is -0.398 e. The van der Waals surface area contributed by atoms with Gasteiger partial charge in [0.1, 0.15) is 4.90 Å². The summed E-state index contributed by atoms with van der Waals surface area (Å²) in [6.07, 6.45) is 2.96. The molecule has 0 radical (unpaired) electrons. The zero-order valence-electron chi connectivity index (χ0n) is 13.3. The van der Waals surface area contributed by atoms with Crippen molar-refractivity contribution >= 4 is 15.7 Å². The van der Waals surface area contributed by atoms with E-state index in [-0.39, 0.29) is 10.9 Å². The van der Waals surface area contributed by atoms with Crippen molar-refractivity contribution in [2.75, 3.05) is 5.73 Å². The van der Waals surface area contributed by atoms with Crippen LogP contribution in [0.5, 0.6) is 0 Å². The predicted octanol–water partition coefficient (Wildman–Crippen LogP) is 2.99. The second-order valence-corrected chi connectivity index (χ2v) is 8.39. The molecule has 0 saturated heterocycles. The normalized spacial score (nSPS) is 26.8. The van der Waals surface area contributed by atoms with Crippen LogP contribution in [0.1, 0.15) is 44.2 Å². The van der Waals surface area contributed by atoms with Gasteiger partial charge in [-0.25, -0.2) is 13.1 Å². The van der Waals surface area contributed by atoms with Gasteiger partial charge >= 0.3 is 0 Å². The van der Waals surface area contributed by atoms with Crippen molar-refractivity contribution in [3.63, 3.8) is 0 Å². The fourth-order valence-electron chi connectivity index (χ4n) is 3.37. The number of benzene rings is 1. The molecule has 0 bridgehead atoms. The summed E-state index contributed by atoms with van der Waals surface area (Å²) in [5, 5.41) is 0. The van der Waals surface area contributed by atoms with Gasteiger partial charge in [0.05, 0.1) is 5.69 Å². The van der Waals surface area contributed by atoms with Crippen LogP contribution >= 0.6 is 0 Å². The van der Waals surface area contributed by atoms with Gasteiger partial charge in [-0.15, -0.1) is 0 Å². The lowest BCUT2D eigenvalue weighted by atomic mass is 9.81. The summed E-state index contributed by atoms with van der Waals surface area (Å²) in [6, 6.07) is 3.41. The molecule has 0 spiro atoms. The number of nitrogens with one attached hydrogen (secondary N) is 1. The monoisotopic (exact) mass is 310 g/mol. The van der Waals surface area contributed by atoms with E-state index in [0.717, 1.165) is 24.0 Å². The number of anilines is 1. The highest BCUT2D eigenvalue weighted by Gasteiger charge is 2.29. The van der Waals surface area contributed by atoms with Crippen molar-refractivity contribution in [2.24, 2.45) is 11.8 Å². The molecular formula is C16H26N2O2S. The minimum absolute atomic E-state index is 0.00904. The van der Waals surface area contributed by atoms with E-state index in [1.54, 1.807) is 12.1 Å². The van der Waals surface area contributed by atoms with Gasteiger partial charge in [-0.05, 0) is 68.2 Å². The Morgan fingerprint density at radius 2 is 1.57 bits per heavy atom. The van der Waals surface area contributed by atoms with Crippen molar-refractivity contribution in [3.8, 4) is 0 Å². The molecule has 2 atom stereocenters. The molecule has 1 saturated carbocycles. The Kier molecular flexibility index (Phi) is 4.63. The topological polar surface area (TPSA) is 72.2 Å². The Balaban J connectivity index is 2.24. The van der Waals surface area contributed by atoms with Gasteiger partial charge in [0.2, 0.25) is 10.0 Å². The average molecular weight is 310 g/mol. The summed E-state index contributed by atoms with van der Waals surface area (Å²) in [5.74, 6) is 1.11. The highest BCUT2D eigenvalue weighted by molar-refractivity contribution is 7.89. The van der Waals surface area contributed by atoms with E-state index in [1.807, 2.05) is 13.8 Å². The van der Waals surface area contributed by atoms with E-state index in [0.29, 0.717) is 17.5 Å². The number of sulfonamides is 1. The summed E-state index contributed by atoms with van der Waals surface area (Å²) in [5.41, 5.74) is 8.18. The number of rotatable bonds is 3. The fraction of sp³-hybridized carbons (Fsp3) is 0.625. The first kappa shape index (κ1) is 16.3. The average Bonchev–Trinajstić information content (AvgIpc) is 2.31. The van der Waals surface area contributed by atoms with E-state index in [4.69, 9.17) is 5.73 Å². The van der Waals surface area contributed by atoms with Gasteiger partial charge < -0.3 is 5.73 Å². The van der Waals surface area contributed by atoms with E-state index in [1.165, 1.54) is 6.42 Å². The Morgan fingerprint density at radius 3 is 2.14 bits per heavy atom. The van der Waals surface area contributed by atoms with Crippen molar-refractivity contribution in [1.82, 2.24) is 4.72 Å². The molecule has 5 heteroatoms. The minimum atomic E-state index is -3.55. The van der Waals surface area contributed by atoms with Gasteiger partial charge in [0.25, 0.3) is 0 Å². The molecule has 118 valence electrons. The Hall–Kier alpha value is -1.07. The maximum absolute atomic E-state index is 12.6. The van der Waals surface area contributed by atoms with E-state index >= 15 is 0 Å². The number of aryl methyl sites for hydroxylation is 2. The van der Waals surface area contributed by atoms with Gasteiger partial charge in [-0.1, -0.05) is 13.8 Å². The first-order valence-corrected chi connectivity index (χ1v) is 9.06. The summed E-state index contributed by atoms with van der Waals surface area (Å²) in [7, 11) is -3.55. The predicted molar refractivity (Wildman–Crippen MR) is 86.6 cm³/mol. The molecule has 1 aliphatic carbocycles. The van der Waals surface area contributed by atoms with Crippen LogP contribution in [0.15, 0.2) is 17.0 Å². The van der Waals surface area contributed by atoms with Crippen molar-refractivity contribution in [1.29, 1.82) is 0 Å². The highest BCUT2D eigenvalue weighted by Crippen LogP contribution is 2.30. The van der Waals surface area contributed by atoms with Crippen LogP contribution in [0.2, 0.25) is 0 Å². The number of nitrogen functional groups attached to an aromatic ring is 1. The second kappa shape index (κ2) is 5.97. The maximum Gasteiger partial charge on any atom is 0.242 e. The lowest BCUT2D eigenvalue weighted by Crippen LogP contribution is -2.40. The largest absolute Gasteiger partial charge is 0.398 e. The summed E-state index contributed by atoms with van der Waals surface area (Å²) in [4.78, 5) is 0.205. The highest BCUT2D eigenvalue weighted by atomic mass is 32.2. The summed E-state index contributed by atoms with van der Waals surface area (Å²) < 4.78 is 28.1. The second-order valence-electron chi connectivity index (χ2n) is 6.71. The van der Waals surface area contributed by atoms with E-state index in [9.17, 15) is 8.42 Å². The molecule has 0 heterocycles. The van der Waals surface area contributed by atoms with Gasteiger partial charge in [0.15, 0.2) is 0 Å². The Morgan fingerprint density at radius 1 is 1.05 bits per heavy atom. The van der Waals surface area contributed by atoms with Crippen LogP contribution in [-0.2, 0) is 10.0 Å². The standard InChI is InChI=1S/C16H26N2O2S/c1-10-5-11(2)7-14(6-10)18-21(19,20)16-9-13(4)12(3)8-15(16)17/h8-11,14,18H,5-7,17H2,1-4H3. The van der Waals surface area contributed by atoms with Crippen LogP contribution < -0.4 is 10.5 Å². The molecule has 1 fully saturated rings. The number of hydrogen-bond acceptors (Lipinski definition) is 3. The molecule has 1 aliphatic rings. The van der Waals surface area contributed by atoms with Gasteiger partial charge in [-0.3, -0.25) is 0 Å². The third kappa shape index (κ3) is 3.77. The zero-order chi connectivity index (χ0) is 15.8. The molecule has 2 unspecified atom stereocenters. The first-order valence-electron chi connectivity index (χ1n) is 7.58. The van der Waals surface area contributed by atoms with Crippen LogP contribution in [-0.4, -0.2) is 14.5 Å². The quantitative estimate of drug-likeness (QED) is 0.843. The van der Waals surface area contributed by atoms with E-state index in [2.05, 4.69) is 18.6 Å². The Labute approximate surface area is 128 Å². The van der Waals surface area contributed by atoms with Crippen LogP contribution in [0, 0.1) is 25.7 Å². The lowest BCUT2D eigenvalue weighted by molar-refractivity contribution is 0.258. The van der Waals surface area contributed by atoms with E-state index < -0.39 is 10.0 Å². The van der Waals surface area contributed by atoms with Crippen LogP contribution in [0.4, 0.5) is 5.69 Å². The van der Waals surface area contributed by atoms with Crippen LogP contribution in [0.3, 0.4) is 0 Å². The van der Waals surface area contributed by atoms with Crippen LogP contribution in [0.25, 0.3) is 0 Å². The molecule has 1 aromatic rings. The number of nitrogens with two attached hydrogens (primary N) is 1. The van der Waals surface area contributed by atoms with Gasteiger partial charge in [-0.2, -0.15) is 0 Å². The third-order valence-electron chi connectivity index (χ3n) is 4.42. The molecule has 21 heavy (non-hydrogen) atoms. The number of hydrogen-bond donors (Lipinski definition) is 2. The molecule has 0 aromatic heterocycles. The molecule has 1 aromatic carbocycles. The summed E-state index contributed by atoms with van der Waals surface area (Å²) >= 11 is 0. The Bertz CT molecular complexity index is 615. The molecular weight excluding hydrogens is 284 g/mol. The molecule has 0 amide bonds. The SMILES string of the molecule is Cc1cc(N)c(S(=O)(=O)NC2CC(C)CC(C)C2)cc1C. The van der Waals surface area contributed by atoms with Gasteiger partial charge in [0, 0.05) is 6.04 Å². The summed E-state index contributed by atoms with van der Waals surface area (Å²) in [6.45, 7) is 8.20. The maximum atomic E-state index is 12.6. The first-order chi connectivity index (χ1) is 9.69. The lowest BCUT2D eigenvalue weighted by Gasteiger charge is -2.31. The van der Waals surface area contributed by atoms with Crippen molar-refractivity contribution in [2.45, 2.75) is 57.9 Å². The molecule has 3 N–H and O–H groups in total. The third-order valence-corrected chi connectivity index (χ3v) is 5.99.